The number of nitrogens with one attached hydrogen (secondary N) is 1. The van der Waals surface area contributed by atoms with Crippen LogP contribution in [0.4, 0.5) is 10.5 Å². The summed E-state index contributed by atoms with van der Waals surface area (Å²) in [4.78, 5) is 62.2. The van der Waals surface area contributed by atoms with Crippen LogP contribution in [0.25, 0.3) is 0 Å². The molecular formula is C24H32N4O8. The third kappa shape index (κ3) is 6.49. The maximum Gasteiger partial charge on any atom is 0.408 e. The van der Waals surface area contributed by atoms with Crippen LogP contribution in [0.2, 0.25) is 0 Å². The van der Waals surface area contributed by atoms with Gasteiger partial charge in [0.25, 0.3) is 5.69 Å². The van der Waals surface area contributed by atoms with E-state index in [9.17, 15) is 29.3 Å². The Kier molecular flexibility index (Phi) is 8.16. The maximum atomic E-state index is 13.5. The molecule has 1 aliphatic carbocycles. The fourth-order valence-corrected chi connectivity index (χ4v) is 4.46. The Morgan fingerprint density at radius 3 is 2.22 bits per heavy atom. The van der Waals surface area contributed by atoms with Crippen molar-refractivity contribution in [3.05, 3.63) is 39.9 Å². The van der Waals surface area contributed by atoms with Crippen LogP contribution in [0.15, 0.2) is 24.3 Å². The number of hydrogen-bond acceptors (Lipinski definition) is 8. The summed E-state index contributed by atoms with van der Waals surface area (Å²) in [6.45, 7) is 5.21. The highest BCUT2D eigenvalue weighted by Gasteiger charge is 2.45. The minimum atomic E-state index is -1.04. The number of likely N-dealkylation sites (tertiary alicyclic amines) is 1. The second-order valence-electron chi connectivity index (χ2n) is 10.2. The Hall–Kier alpha value is -3.70. The van der Waals surface area contributed by atoms with Gasteiger partial charge in [-0.1, -0.05) is 20.8 Å². The molecule has 1 aliphatic heterocycles. The Morgan fingerprint density at radius 1 is 1.08 bits per heavy atom. The molecule has 1 heterocycles. The highest BCUT2D eigenvalue weighted by molar-refractivity contribution is 5.93. The molecule has 3 N–H and O–H groups in total. The minimum absolute atomic E-state index is 0.0107. The molecular weight excluding hydrogens is 472 g/mol. The number of hydrogen-bond donors (Lipinski definition) is 2. The lowest BCUT2D eigenvalue weighted by Crippen LogP contribution is -2.57. The summed E-state index contributed by atoms with van der Waals surface area (Å²) in [7, 11) is 0. The van der Waals surface area contributed by atoms with Crippen molar-refractivity contribution in [3.63, 3.8) is 0 Å². The van der Waals surface area contributed by atoms with Crippen LogP contribution < -0.4 is 11.1 Å². The van der Waals surface area contributed by atoms with Gasteiger partial charge in [-0.2, -0.15) is 0 Å². The van der Waals surface area contributed by atoms with Gasteiger partial charge in [0.2, 0.25) is 11.8 Å². The number of rotatable bonds is 7. The summed E-state index contributed by atoms with van der Waals surface area (Å²) < 4.78 is 10.9. The summed E-state index contributed by atoms with van der Waals surface area (Å²) in [6, 6.07) is 2.83. The first-order valence-corrected chi connectivity index (χ1v) is 11.9. The number of carbonyl (C=O) groups excluding carboxylic acids is 4. The van der Waals surface area contributed by atoms with Crippen LogP contribution in [0, 0.1) is 15.5 Å². The molecule has 1 aromatic carbocycles. The molecule has 3 amide bonds. The Balaban J connectivity index is 1.70. The molecule has 196 valence electrons. The van der Waals surface area contributed by atoms with E-state index in [0.717, 1.165) is 25.7 Å². The molecule has 2 fully saturated rings. The number of benzene rings is 1. The molecule has 2 aliphatic rings. The molecule has 3 atom stereocenters. The van der Waals surface area contributed by atoms with Crippen LogP contribution in [0.1, 0.15) is 63.2 Å². The molecule has 0 spiro atoms. The van der Waals surface area contributed by atoms with Crippen molar-refractivity contribution >= 4 is 29.6 Å². The third-order valence-electron chi connectivity index (χ3n) is 6.41. The molecule has 0 bridgehead atoms. The fraction of sp³-hybridized carbons (Fsp3) is 0.583. The van der Waals surface area contributed by atoms with Gasteiger partial charge in [-0.25, -0.2) is 9.59 Å². The zero-order chi connectivity index (χ0) is 26.6. The van der Waals surface area contributed by atoms with Gasteiger partial charge >= 0.3 is 12.1 Å². The van der Waals surface area contributed by atoms with E-state index in [-0.39, 0.29) is 30.3 Å². The van der Waals surface area contributed by atoms with E-state index in [1.807, 2.05) is 0 Å². The zero-order valence-corrected chi connectivity index (χ0v) is 20.6. The van der Waals surface area contributed by atoms with Gasteiger partial charge in [0, 0.05) is 18.6 Å². The van der Waals surface area contributed by atoms with E-state index < -0.39 is 52.4 Å². The molecule has 0 aromatic heterocycles. The van der Waals surface area contributed by atoms with Crippen molar-refractivity contribution in [2.75, 3.05) is 6.54 Å². The van der Waals surface area contributed by atoms with Crippen molar-refractivity contribution in [1.29, 1.82) is 0 Å². The molecule has 1 aromatic rings. The van der Waals surface area contributed by atoms with Gasteiger partial charge in [0.15, 0.2) is 0 Å². The van der Waals surface area contributed by atoms with Gasteiger partial charge in [0.05, 0.1) is 17.0 Å². The predicted molar refractivity (Wildman–Crippen MR) is 127 cm³/mol. The number of alkyl carbamates (subject to hydrolysis) is 1. The number of ether oxygens (including phenoxy) is 2. The van der Waals surface area contributed by atoms with Gasteiger partial charge in [0.1, 0.15) is 24.3 Å². The highest BCUT2D eigenvalue weighted by atomic mass is 16.6. The van der Waals surface area contributed by atoms with Gasteiger partial charge in [-0.05, 0) is 43.2 Å². The van der Waals surface area contributed by atoms with E-state index in [1.54, 1.807) is 20.8 Å². The number of nitrogens with two attached hydrogens (primary N) is 1. The lowest BCUT2D eigenvalue weighted by atomic mass is 9.85. The summed E-state index contributed by atoms with van der Waals surface area (Å²) in [5.74, 6) is -2.06. The summed E-state index contributed by atoms with van der Waals surface area (Å²) in [6.07, 6.45) is 1.78. The molecule has 12 heteroatoms. The third-order valence-corrected chi connectivity index (χ3v) is 6.41. The molecule has 3 rings (SSSR count). The van der Waals surface area contributed by atoms with E-state index in [2.05, 4.69) is 5.32 Å². The number of amides is 3. The van der Waals surface area contributed by atoms with Crippen LogP contribution >= 0.6 is 0 Å². The van der Waals surface area contributed by atoms with E-state index in [4.69, 9.17) is 15.2 Å². The number of nitro groups is 1. The van der Waals surface area contributed by atoms with Crippen molar-refractivity contribution < 1.29 is 33.6 Å². The lowest BCUT2D eigenvalue weighted by molar-refractivity contribution is -0.384. The highest BCUT2D eigenvalue weighted by Crippen LogP contribution is 2.28. The van der Waals surface area contributed by atoms with Gasteiger partial charge < -0.3 is 25.4 Å². The number of esters is 1. The standard InChI is InChI=1S/C24H32N4O8/c1-24(2,3)19(26-23(32)36-16-6-4-5-7-16)21(30)27-13-17(12-18(27)20(25)29)35-22(31)14-8-10-15(11-9-14)28(33)34/h8-11,16-19H,4-7,12-13H2,1-3H3,(H2,25,29)(H,26,32)/t17-,18-,19+/m0/s1. The lowest BCUT2D eigenvalue weighted by Gasteiger charge is -2.34. The topological polar surface area (TPSA) is 171 Å². The van der Waals surface area contributed by atoms with E-state index in [0.29, 0.717) is 0 Å². The maximum absolute atomic E-state index is 13.5. The Labute approximate surface area is 208 Å². The van der Waals surface area contributed by atoms with Crippen molar-refractivity contribution in [1.82, 2.24) is 10.2 Å². The van der Waals surface area contributed by atoms with Crippen molar-refractivity contribution in [2.24, 2.45) is 11.1 Å². The summed E-state index contributed by atoms with van der Waals surface area (Å²) >= 11 is 0. The Bertz CT molecular complexity index is 1010. The van der Waals surface area contributed by atoms with Crippen LogP contribution in [0.3, 0.4) is 0 Å². The molecule has 12 nitrogen and oxygen atoms in total. The quantitative estimate of drug-likeness (QED) is 0.323. The van der Waals surface area contributed by atoms with E-state index in [1.165, 1.54) is 29.2 Å². The number of nitrogens with zero attached hydrogens (tertiary/aromatic N) is 2. The molecule has 1 saturated heterocycles. The largest absolute Gasteiger partial charge is 0.457 e. The fourth-order valence-electron chi connectivity index (χ4n) is 4.46. The first-order valence-electron chi connectivity index (χ1n) is 11.9. The van der Waals surface area contributed by atoms with Crippen LogP contribution in [-0.4, -0.2) is 64.5 Å². The normalized spacial score (nSPS) is 21.0. The van der Waals surface area contributed by atoms with Crippen LogP contribution in [-0.2, 0) is 19.1 Å². The monoisotopic (exact) mass is 504 g/mol. The predicted octanol–water partition coefficient (Wildman–Crippen LogP) is 2.29. The van der Waals surface area contributed by atoms with Crippen LogP contribution in [0.5, 0.6) is 0 Å². The Morgan fingerprint density at radius 2 is 1.69 bits per heavy atom. The molecule has 1 saturated carbocycles. The number of non-ortho nitro benzene ring substituents is 1. The zero-order valence-electron chi connectivity index (χ0n) is 20.6. The molecule has 0 unspecified atom stereocenters. The smallest absolute Gasteiger partial charge is 0.408 e. The first kappa shape index (κ1) is 26.9. The average molecular weight is 505 g/mol. The molecule has 36 heavy (non-hydrogen) atoms. The second-order valence-corrected chi connectivity index (χ2v) is 10.2. The summed E-state index contributed by atoms with van der Waals surface area (Å²) in [5, 5.41) is 13.5. The number of nitro benzene ring substituents is 1. The number of primary amides is 1. The van der Waals surface area contributed by atoms with Crippen molar-refractivity contribution in [3.8, 4) is 0 Å². The van der Waals surface area contributed by atoms with Gasteiger partial charge in [-0.3, -0.25) is 19.7 Å². The summed E-state index contributed by atoms with van der Waals surface area (Å²) in [5.41, 5.74) is 4.74. The first-order chi connectivity index (χ1) is 16.9. The van der Waals surface area contributed by atoms with Gasteiger partial charge in [-0.15, -0.1) is 0 Å². The van der Waals surface area contributed by atoms with Crippen molar-refractivity contribution in [2.45, 2.75) is 77.2 Å². The minimum Gasteiger partial charge on any atom is -0.457 e. The van der Waals surface area contributed by atoms with E-state index >= 15 is 0 Å². The second kappa shape index (κ2) is 10.9. The number of carbonyl (C=O) groups is 4. The molecule has 0 radical (unpaired) electrons. The average Bonchev–Trinajstić information content (AvgIpc) is 3.46. The SMILES string of the molecule is CC(C)(C)[C@H](NC(=O)OC1CCCC1)C(=O)N1C[C@@H](OC(=O)c2ccc([N+](=O)[O-])cc2)C[C@H]1C(N)=O.